The van der Waals surface area contributed by atoms with Crippen molar-refractivity contribution in [2.24, 2.45) is 0 Å². The standard InChI is InChI=1S/C6H9N5O5/c1-2-15-6(10-16-6)9-11-4(13)7-3(12)8-5(11)14/h9-10H,2H2,1H3,(H2,7,8,12,13,14). The molecule has 0 radical (unpaired) electrons. The highest BCUT2D eigenvalue weighted by Crippen LogP contribution is 2.17. The topological polar surface area (TPSA) is 143 Å². The molecule has 16 heavy (non-hydrogen) atoms. The smallest absolute Gasteiger partial charge is 0.317 e. The Morgan fingerprint density at radius 1 is 1.38 bits per heavy atom. The molecule has 0 aliphatic carbocycles. The molecule has 0 aromatic carbocycles. The van der Waals surface area contributed by atoms with Crippen molar-refractivity contribution in [1.82, 2.24) is 20.1 Å². The summed E-state index contributed by atoms with van der Waals surface area (Å²) in [6.45, 7) is 1.99. The molecule has 1 aliphatic rings. The van der Waals surface area contributed by atoms with Gasteiger partial charge < -0.3 is 4.74 Å². The summed E-state index contributed by atoms with van der Waals surface area (Å²) in [6.07, 6.45) is 0. The van der Waals surface area contributed by atoms with E-state index in [1.165, 1.54) is 0 Å². The van der Waals surface area contributed by atoms with Gasteiger partial charge in [0.25, 0.3) is 0 Å². The Labute approximate surface area is 87.1 Å². The van der Waals surface area contributed by atoms with Crippen LogP contribution in [0.15, 0.2) is 14.4 Å². The molecule has 0 saturated carbocycles. The molecule has 10 nitrogen and oxygen atoms in total. The number of aromatic amines is 2. The molecule has 4 N–H and O–H groups in total. The Hall–Kier alpha value is -1.91. The second kappa shape index (κ2) is 3.59. The zero-order valence-corrected chi connectivity index (χ0v) is 8.20. The molecule has 1 aromatic heterocycles. The second-order valence-corrected chi connectivity index (χ2v) is 2.89. The molecule has 1 aromatic rings. The molecule has 2 heterocycles. The van der Waals surface area contributed by atoms with Crippen LogP contribution >= 0.6 is 0 Å². The van der Waals surface area contributed by atoms with Crippen LogP contribution in [-0.2, 0) is 9.57 Å². The first-order valence-electron chi connectivity index (χ1n) is 4.39. The van der Waals surface area contributed by atoms with Crippen LogP contribution in [0, 0.1) is 0 Å². The molecular formula is C6H9N5O5. The lowest BCUT2D eigenvalue weighted by molar-refractivity contribution is -0.0263. The number of H-pyrrole nitrogens is 2. The van der Waals surface area contributed by atoms with Crippen LogP contribution in [0.1, 0.15) is 6.92 Å². The fourth-order valence-electron chi connectivity index (χ4n) is 1.06. The summed E-state index contributed by atoms with van der Waals surface area (Å²) in [5.41, 5.74) is 1.92. The molecule has 88 valence electrons. The molecule has 1 unspecified atom stereocenters. The zero-order chi connectivity index (χ0) is 11.8. The first-order valence-corrected chi connectivity index (χ1v) is 4.39. The lowest BCUT2D eigenvalue weighted by atomic mass is 10.8. The van der Waals surface area contributed by atoms with Crippen LogP contribution in [0.5, 0.6) is 0 Å². The van der Waals surface area contributed by atoms with Gasteiger partial charge in [0.05, 0.1) is 6.61 Å². The molecule has 1 aliphatic heterocycles. The average Bonchev–Trinajstić information content (AvgIpc) is 2.93. The summed E-state index contributed by atoms with van der Waals surface area (Å²) in [5.74, 6) is 0. The summed E-state index contributed by atoms with van der Waals surface area (Å²) < 4.78 is 5.56. The monoisotopic (exact) mass is 231 g/mol. The number of hydrogen-bond donors (Lipinski definition) is 4. The summed E-state index contributed by atoms with van der Waals surface area (Å²) in [6, 6.07) is -1.40. The Bertz CT molecular complexity index is 517. The van der Waals surface area contributed by atoms with Crippen molar-refractivity contribution in [2.75, 3.05) is 12.0 Å². The van der Waals surface area contributed by atoms with Gasteiger partial charge in [-0.1, -0.05) is 0 Å². The molecule has 0 amide bonds. The van der Waals surface area contributed by atoms with E-state index in [4.69, 9.17) is 9.57 Å². The van der Waals surface area contributed by atoms with Crippen LogP contribution in [0.4, 0.5) is 0 Å². The number of nitrogens with zero attached hydrogens (tertiary/aromatic N) is 1. The summed E-state index contributed by atoms with van der Waals surface area (Å²) in [5, 5.41) is 0. The second-order valence-electron chi connectivity index (χ2n) is 2.89. The third kappa shape index (κ3) is 1.88. The van der Waals surface area contributed by atoms with E-state index in [1.54, 1.807) is 6.92 Å². The van der Waals surface area contributed by atoms with Gasteiger partial charge in [0.15, 0.2) is 0 Å². The Morgan fingerprint density at radius 2 is 1.94 bits per heavy atom. The number of nitrogens with one attached hydrogen (secondary N) is 4. The van der Waals surface area contributed by atoms with Crippen molar-refractivity contribution in [3.8, 4) is 0 Å². The van der Waals surface area contributed by atoms with Gasteiger partial charge in [-0.25, -0.2) is 24.6 Å². The molecule has 1 fully saturated rings. The molecule has 1 saturated heterocycles. The van der Waals surface area contributed by atoms with Gasteiger partial charge in [-0.15, -0.1) is 5.48 Å². The molecule has 0 spiro atoms. The van der Waals surface area contributed by atoms with Crippen LogP contribution in [0.2, 0.25) is 0 Å². The van der Waals surface area contributed by atoms with Crippen molar-refractivity contribution in [3.05, 3.63) is 31.5 Å². The third-order valence-electron chi connectivity index (χ3n) is 1.74. The van der Waals surface area contributed by atoms with Gasteiger partial charge in [0.2, 0.25) is 0 Å². The van der Waals surface area contributed by atoms with Crippen LogP contribution < -0.4 is 28.0 Å². The van der Waals surface area contributed by atoms with E-state index in [-0.39, 0.29) is 6.61 Å². The molecular weight excluding hydrogens is 222 g/mol. The first kappa shape index (κ1) is 10.6. The highest BCUT2D eigenvalue weighted by molar-refractivity contribution is 4.86. The van der Waals surface area contributed by atoms with Crippen molar-refractivity contribution < 1.29 is 9.57 Å². The zero-order valence-electron chi connectivity index (χ0n) is 8.20. The maximum atomic E-state index is 11.3. The molecule has 2 rings (SSSR count). The van der Waals surface area contributed by atoms with Gasteiger partial charge in [-0.2, -0.15) is 4.68 Å². The summed E-state index contributed by atoms with van der Waals surface area (Å²) in [4.78, 5) is 41.7. The highest BCUT2D eigenvalue weighted by Gasteiger charge is 2.48. The van der Waals surface area contributed by atoms with E-state index in [1.807, 2.05) is 9.97 Å². The fourth-order valence-corrected chi connectivity index (χ4v) is 1.06. The van der Waals surface area contributed by atoms with Crippen LogP contribution in [-0.4, -0.2) is 27.3 Å². The lowest BCUT2D eigenvalue weighted by Gasteiger charge is -2.12. The summed E-state index contributed by atoms with van der Waals surface area (Å²) >= 11 is 0. The predicted octanol–water partition coefficient (Wildman–Crippen LogP) is -3.05. The van der Waals surface area contributed by atoms with Gasteiger partial charge >= 0.3 is 23.1 Å². The van der Waals surface area contributed by atoms with E-state index in [0.717, 1.165) is 0 Å². The number of hydroxylamine groups is 1. The maximum Gasteiger partial charge on any atom is 0.368 e. The lowest BCUT2D eigenvalue weighted by Crippen LogP contribution is -2.52. The van der Waals surface area contributed by atoms with Gasteiger partial charge in [-0.3, -0.25) is 9.97 Å². The Kier molecular flexibility index (Phi) is 2.38. The number of rotatable bonds is 4. The van der Waals surface area contributed by atoms with E-state index in [0.29, 0.717) is 4.68 Å². The minimum absolute atomic E-state index is 0.288. The first-order chi connectivity index (χ1) is 7.56. The quantitative estimate of drug-likeness (QED) is 0.318. The van der Waals surface area contributed by atoms with E-state index < -0.39 is 23.1 Å². The van der Waals surface area contributed by atoms with Crippen molar-refractivity contribution in [3.63, 3.8) is 0 Å². The highest BCUT2D eigenvalue weighted by atomic mass is 17.0. The normalized spacial score (nSPS) is 23.1. The fraction of sp³-hybridized carbons (Fsp3) is 0.500. The largest absolute Gasteiger partial charge is 0.368 e. The third-order valence-corrected chi connectivity index (χ3v) is 1.74. The van der Waals surface area contributed by atoms with Crippen LogP contribution in [0.25, 0.3) is 0 Å². The Morgan fingerprint density at radius 3 is 2.38 bits per heavy atom. The van der Waals surface area contributed by atoms with Gasteiger partial charge in [0, 0.05) is 0 Å². The molecule has 10 heteroatoms. The maximum absolute atomic E-state index is 11.3. The molecule has 0 bridgehead atoms. The van der Waals surface area contributed by atoms with E-state index in [2.05, 4.69) is 10.9 Å². The summed E-state index contributed by atoms with van der Waals surface area (Å²) in [7, 11) is 0. The van der Waals surface area contributed by atoms with Gasteiger partial charge in [-0.05, 0) is 6.92 Å². The Balaban J connectivity index is 2.32. The number of aromatic nitrogens is 3. The minimum atomic E-state index is -1.40. The van der Waals surface area contributed by atoms with Crippen LogP contribution in [0.3, 0.4) is 0 Å². The van der Waals surface area contributed by atoms with E-state index >= 15 is 0 Å². The van der Waals surface area contributed by atoms with Crippen molar-refractivity contribution >= 4 is 0 Å². The number of hydrogen-bond acceptors (Lipinski definition) is 7. The predicted molar refractivity (Wildman–Crippen MR) is 49.9 cm³/mol. The van der Waals surface area contributed by atoms with E-state index in [9.17, 15) is 14.4 Å². The molecule has 1 atom stereocenters. The van der Waals surface area contributed by atoms with Crippen molar-refractivity contribution in [1.29, 1.82) is 0 Å². The van der Waals surface area contributed by atoms with Crippen molar-refractivity contribution in [2.45, 2.75) is 13.0 Å². The number of ether oxygens (including phenoxy) is 1. The minimum Gasteiger partial charge on any atom is -0.317 e. The SMILES string of the molecule is CCOC1(Nn2c(=O)[nH]c(=O)[nH]c2=O)NO1. The van der Waals surface area contributed by atoms with Gasteiger partial charge in [0.1, 0.15) is 0 Å². The average molecular weight is 231 g/mol.